The molecule has 118 valence electrons. The van der Waals surface area contributed by atoms with Gasteiger partial charge in [0.1, 0.15) is 18.5 Å². The number of benzene rings is 1. The lowest BCUT2D eigenvalue weighted by atomic mass is 10.1. The molecule has 2 unspecified atom stereocenters. The summed E-state index contributed by atoms with van der Waals surface area (Å²) in [5.74, 6) is 0.603. The molecule has 0 spiro atoms. The number of aliphatic hydroxyl groups excluding tert-OH is 2. The molecule has 0 saturated carbocycles. The third kappa shape index (κ3) is 4.88. The molecule has 0 aliphatic carbocycles. The molecule has 1 fully saturated rings. The molecule has 0 amide bonds. The predicted molar refractivity (Wildman–Crippen MR) is 83.3 cm³/mol. The topological polar surface area (TPSA) is 79.0 Å². The number of ether oxygens (including phenoxy) is 1. The van der Waals surface area contributed by atoms with Gasteiger partial charge < -0.3 is 20.7 Å². The summed E-state index contributed by atoms with van der Waals surface area (Å²) in [5.41, 5.74) is 6.38. The van der Waals surface area contributed by atoms with Crippen molar-refractivity contribution < 1.29 is 14.9 Å². The van der Waals surface area contributed by atoms with Gasteiger partial charge in [0.25, 0.3) is 0 Å². The van der Waals surface area contributed by atoms with E-state index in [0.717, 1.165) is 25.8 Å². The third-order valence-electron chi connectivity index (χ3n) is 4.01. The van der Waals surface area contributed by atoms with Crippen LogP contribution in [0.4, 0.5) is 5.69 Å². The van der Waals surface area contributed by atoms with Crippen LogP contribution in [-0.2, 0) is 0 Å². The van der Waals surface area contributed by atoms with Gasteiger partial charge in [-0.2, -0.15) is 0 Å². The highest BCUT2D eigenvalue weighted by atomic mass is 16.5. The fraction of sp³-hybridized carbons (Fsp3) is 0.625. The lowest BCUT2D eigenvalue weighted by Crippen LogP contribution is -2.43. The molecule has 1 aliphatic heterocycles. The van der Waals surface area contributed by atoms with Gasteiger partial charge in [0.05, 0.1) is 12.3 Å². The highest BCUT2D eigenvalue weighted by Crippen LogP contribution is 2.20. The Hall–Kier alpha value is -1.30. The molecule has 1 aliphatic rings. The van der Waals surface area contributed by atoms with Crippen molar-refractivity contribution in [2.75, 3.05) is 32.0 Å². The van der Waals surface area contributed by atoms with Crippen molar-refractivity contribution in [3.8, 4) is 5.75 Å². The highest BCUT2D eigenvalue weighted by molar-refractivity contribution is 5.51. The van der Waals surface area contributed by atoms with Crippen LogP contribution in [0, 0.1) is 0 Å². The first-order chi connectivity index (χ1) is 10.2. The van der Waals surface area contributed by atoms with Crippen LogP contribution in [0.5, 0.6) is 5.75 Å². The Kier molecular flexibility index (Phi) is 6.29. The van der Waals surface area contributed by atoms with E-state index in [1.807, 2.05) is 12.1 Å². The van der Waals surface area contributed by atoms with Crippen molar-refractivity contribution in [2.24, 2.45) is 0 Å². The predicted octanol–water partition coefficient (Wildman–Crippen LogP) is 1.25. The Morgan fingerprint density at radius 2 is 2.10 bits per heavy atom. The molecule has 1 aromatic carbocycles. The van der Waals surface area contributed by atoms with Gasteiger partial charge in [0.15, 0.2) is 0 Å². The molecular formula is C16H26N2O3. The minimum Gasteiger partial charge on any atom is -0.489 e. The van der Waals surface area contributed by atoms with Crippen LogP contribution in [-0.4, -0.2) is 53.6 Å². The summed E-state index contributed by atoms with van der Waals surface area (Å²) >= 11 is 0. The second-order valence-corrected chi connectivity index (χ2v) is 5.68. The summed E-state index contributed by atoms with van der Waals surface area (Å²) in [6, 6.07) is 7.43. The summed E-state index contributed by atoms with van der Waals surface area (Å²) < 4.78 is 5.58. The quantitative estimate of drug-likeness (QED) is 0.688. The van der Waals surface area contributed by atoms with Crippen LogP contribution in [0.25, 0.3) is 0 Å². The fourth-order valence-corrected chi connectivity index (χ4v) is 2.81. The van der Waals surface area contributed by atoms with E-state index < -0.39 is 6.10 Å². The molecule has 2 atom stereocenters. The minimum atomic E-state index is -0.586. The summed E-state index contributed by atoms with van der Waals surface area (Å²) in [5, 5.41) is 19.6. The number of hydrogen-bond acceptors (Lipinski definition) is 5. The number of para-hydroxylation sites is 2. The van der Waals surface area contributed by atoms with Crippen molar-refractivity contribution in [1.29, 1.82) is 0 Å². The molecule has 0 aromatic heterocycles. The summed E-state index contributed by atoms with van der Waals surface area (Å²) in [6.07, 6.45) is 3.87. The van der Waals surface area contributed by atoms with E-state index in [4.69, 9.17) is 10.5 Å². The van der Waals surface area contributed by atoms with Crippen LogP contribution in [0.3, 0.4) is 0 Å². The first kappa shape index (κ1) is 16.1. The summed E-state index contributed by atoms with van der Waals surface area (Å²) in [7, 11) is 0. The maximum absolute atomic E-state index is 10.2. The average molecular weight is 294 g/mol. The molecular weight excluding hydrogens is 268 g/mol. The van der Waals surface area contributed by atoms with Gasteiger partial charge >= 0.3 is 0 Å². The molecule has 1 aromatic rings. The zero-order valence-corrected chi connectivity index (χ0v) is 12.4. The van der Waals surface area contributed by atoms with E-state index in [9.17, 15) is 10.2 Å². The SMILES string of the molecule is Nc1ccccc1OCC(O)CN1CCCCCC1CO. The molecule has 0 radical (unpaired) electrons. The molecule has 1 saturated heterocycles. The van der Waals surface area contributed by atoms with Crippen molar-refractivity contribution in [1.82, 2.24) is 4.90 Å². The average Bonchev–Trinajstić information content (AvgIpc) is 2.71. The zero-order chi connectivity index (χ0) is 15.1. The Balaban J connectivity index is 1.82. The monoisotopic (exact) mass is 294 g/mol. The standard InChI is InChI=1S/C16H26N2O3/c17-15-7-3-4-8-16(15)21-12-14(20)10-18-9-5-1-2-6-13(18)11-19/h3-4,7-8,13-14,19-20H,1-2,5-6,9-12,17H2. The number of anilines is 1. The number of nitrogens with zero attached hydrogens (tertiary/aromatic N) is 1. The molecule has 21 heavy (non-hydrogen) atoms. The fourth-order valence-electron chi connectivity index (χ4n) is 2.81. The van der Waals surface area contributed by atoms with Crippen LogP contribution < -0.4 is 10.5 Å². The van der Waals surface area contributed by atoms with Gasteiger partial charge in [0, 0.05) is 12.6 Å². The van der Waals surface area contributed by atoms with E-state index in [0.29, 0.717) is 18.0 Å². The second kappa shape index (κ2) is 8.22. The van der Waals surface area contributed by atoms with Crippen LogP contribution in [0.2, 0.25) is 0 Å². The number of β-amino-alcohol motifs (C(OH)–C–C–N with tert-alkyl or cyclic N) is 1. The number of hydrogen-bond donors (Lipinski definition) is 3. The largest absolute Gasteiger partial charge is 0.489 e. The summed E-state index contributed by atoms with van der Waals surface area (Å²) in [4.78, 5) is 2.18. The maximum Gasteiger partial charge on any atom is 0.142 e. The highest BCUT2D eigenvalue weighted by Gasteiger charge is 2.22. The van der Waals surface area contributed by atoms with Crippen molar-refractivity contribution in [3.05, 3.63) is 24.3 Å². The van der Waals surface area contributed by atoms with Crippen LogP contribution >= 0.6 is 0 Å². The van der Waals surface area contributed by atoms with Gasteiger partial charge in [0.2, 0.25) is 0 Å². The van der Waals surface area contributed by atoms with Gasteiger partial charge in [-0.15, -0.1) is 0 Å². The lowest BCUT2D eigenvalue weighted by molar-refractivity contribution is 0.0391. The second-order valence-electron chi connectivity index (χ2n) is 5.68. The first-order valence-electron chi connectivity index (χ1n) is 7.71. The van der Waals surface area contributed by atoms with Gasteiger partial charge in [-0.3, -0.25) is 4.90 Å². The van der Waals surface area contributed by atoms with Gasteiger partial charge in [-0.1, -0.05) is 25.0 Å². The number of nitrogen functional groups attached to an aromatic ring is 1. The van der Waals surface area contributed by atoms with E-state index in [1.165, 1.54) is 6.42 Å². The maximum atomic E-state index is 10.2. The van der Waals surface area contributed by atoms with Gasteiger partial charge in [-0.25, -0.2) is 0 Å². The van der Waals surface area contributed by atoms with E-state index >= 15 is 0 Å². The van der Waals surface area contributed by atoms with Crippen LogP contribution in [0.1, 0.15) is 25.7 Å². The van der Waals surface area contributed by atoms with E-state index in [1.54, 1.807) is 12.1 Å². The number of likely N-dealkylation sites (tertiary alicyclic amines) is 1. The zero-order valence-electron chi connectivity index (χ0n) is 12.4. The Morgan fingerprint density at radius 1 is 1.29 bits per heavy atom. The molecule has 2 rings (SSSR count). The van der Waals surface area contributed by atoms with Gasteiger partial charge in [-0.05, 0) is 31.5 Å². The molecule has 5 nitrogen and oxygen atoms in total. The Labute approximate surface area is 126 Å². The van der Waals surface area contributed by atoms with E-state index in [-0.39, 0.29) is 19.3 Å². The van der Waals surface area contributed by atoms with Crippen molar-refractivity contribution in [3.63, 3.8) is 0 Å². The van der Waals surface area contributed by atoms with Crippen molar-refractivity contribution in [2.45, 2.75) is 37.8 Å². The lowest BCUT2D eigenvalue weighted by Gasteiger charge is -2.30. The normalized spacial score (nSPS) is 21.7. The van der Waals surface area contributed by atoms with E-state index in [2.05, 4.69) is 4.90 Å². The molecule has 5 heteroatoms. The molecule has 4 N–H and O–H groups in total. The van der Waals surface area contributed by atoms with Crippen LogP contribution in [0.15, 0.2) is 24.3 Å². The first-order valence-corrected chi connectivity index (χ1v) is 7.71. The molecule has 0 bridgehead atoms. The minimum absolute atomic E-state index is 0.152. The van der Waals surface area contributed by atoms with Crippen molar-refractivity contribution >= 4 is 5.69 Å². The smallest absolute Gasteiger partial charge is 0.142 e. The number of aliphatic hydroxyl groups is 2. The molecule has 1 heterocycles. The third-order valence-corrected chi connectivity index (χ3v) is 4.01. The number of nitrogens with two attached hydrogens (primary N) is 1. The Morgan fingerprint density at radius 3 is 2.86 bits per heavy atom. The summed E-state index contributed by atoms with van der Waals surface area (Å²) in [6.45, 7) is 1.82. The Bertz CT molecular complexity index is 428. The number of rotatable bonds is 6.